The van der Waals surface area contributed by atoms with Gasteiger partial charge in [0, 0.05) is 0 Å². The third kappa shape index (κ3) is 20.4. The van der Waals surface area contributed by atoms with Gasteiger partial charge in [0.05, 0.1) is 0 Å². The summed E-state index contributed by atoms with van der Waals surface area (Å²) in [5.74, 6) is 0. The maximum Gasteiger partial charge on any atom is 1.00 e. The zero-order valence-corrected chi connectivity index (χ0v) is 5.31. The van der Waals surface area contributed by atoms with E-state index in [2.05, 4.69) is 0 Å². The smallest absolute Gasteiger partial charge is 0.293 e. The summed E-state index contributed by atoms with van der Waals surface area (Å²) in [6, 6.07) is 0. The van der Waals surface area contributed by atoms with E-state index in [1.165, 1.54) is 6.08 Å². The molecule has 7 heavy (non-hydrogen) atoms. The van der Waals surface area contributed by atoms with E-state index in [0.29, 0.717) is 0 Å². The van der Waals surface area contributed by atoms with Crippen molar-refractivity contribution in [1.29, 1.82) is 0 Å². The summed E-state index contributed by atoms with van der Waals surface area (Å²) in [5, 5.41) is 0. The molecule has 0 aromatic heterocycles. The summed E-state index contributed by atoms with van der Waals surface area (Å²) in [5.41, 5.74) is 0. The van der Waals surface area contributed by atoms with Crippen molar-refractivity contribution in [2.45, 2.75) is 6.92 Å². The van der Waals surface area contributed by atoms with Crippen LogP contribution in [0.4, 0.5) is 0 Å². The summed E-state index contributed by atoms with van der Waals surface area (Å²) in [7, 11) is 0. The van der Waals surface area contributed by atoms with E-state index in [1.54, 1.807) is 6.08 Å². The molecule has 0 atom stereocenters. The molecule has 0 saturated heterocycles. The Morgan fingerprint density at radius 2 is 1.71 bits per heavy atom. The Hall–Kier alpha value is 0.675. The second-order valence-electron chi connectivity index (χ2n) is 0.718. The van der Waals surface area contributed by atoms with Gasteiger partial charge in [-0.25, -0.2) is 12.2 Å². The second kappa shape index (κ2) is 15.9. The molecule has 0 aromatic carbocycles. The van der Waals surface area contributed by atoms with Crippen LogP contribution in [0.2, 0.25) is 0 Å². The molecule has 0 aromatic rings. The molecule has 0 unspecified atom stereocenters. The SMILES string of the molecule is [CH-]=CC=CC.[Li+].[Li+]. The van der Waals surface area contributed by atoms with Crippen LogP contribution in [0.1, 0.15) is 6.92 Å². The van der Waals surface area contributed by atoms with E-state index >= 15 is 0 Å². The fraction of sp³-hybridized carbons (Fsp3) is 0.200. The summed E-state index contributed by atoms with van der Waals surface area (Å²) in [6.07, 6.45) is 5.15. The van der Waals surface area contributed by atoms with Gasteiger partial charge in [-0.15, -0.1) is 0 Å². The van der Waals surface area contributed by atoms with Gasteiger partial charge < -0.3 is 0 Å². The molecule has 0 fully saturated rings. The Balaban J connectivity index is -0.0000000800. The Morgan fingerprint density at radius 1 is 1.29 bits per heavy atom. The minimum Gasteiger partial charge on any atom is -0.293 e. The zero-order valence-electron chi connectivity index (χ0n) is 5.31. The molecule has 0 N–H and O–H groups in total. The van der Waals surface area contributed by atoms with Crippen molar-refractivity contribution in [2.75, 3.05) is 0 Å². The quantitative estimate of drug-likeness (QED) is 0.170. The van der Waals surface area contributed by atoms with Crippen LogP contribution in [0, 0.1) is 6.58 Å². The summed E-state index contributed by atoms with van der Waals surface area (Å²) in [6.45, 7) is 6.85. The number of rotatable bonds is 1. The molecule has 0 bridgehead atoms. The minimum atomic E-state index is 0. The third-order valence-corrected chi connectivity index (χ3v) is 0.304. The molecule has 0 radical (unpaired) electrons. The molecule has 2 heteroatoms. The van der Waals surface area contributed by atoms with Crippen molar-refractivity contribution in [3.8, 4) is 0 Å². The first-order valence-corrected chi connectivity index (χ1v) is 1.58. The Labute approximate surface area is 69.4 Å². The molecule has 0 spiro atoms. The minimum absolute atomic E-state index is 0. The van der Waals surface area contributed by atoms with E-state index in [0.717, 1.165) is 0 Å². The maximum absolute atomic E-state index is 4.93. The molecule has 28 valence electrons. The molecule has 0 nitrogen and oxygen atoms in total. The van der Waals surface area contributed by atoms with E-state index in [4.69, 9.17) is 6.58 Å². The fourth-order valence-corrected chi connectivity index (χ4v) is 0.111. The van der Waals surface area contributed by atoms with Crippen molar-refractivity contribution in [3.05, 3.63) is 24.8 Å². The third-order valence-electron chi connectivity index (χ3n) is 0.304. The van der Waals surface area contributed by atoms with Crippen LogP contribution in [0.3, 0.4) is 0 Å². The van der Waals surface area contributed by atoms with Crippen LogP contribution in [0.5, 0.6) is 0 Å². The molecule has 0 aliphatic carbocycles. The Bertz CT molecular complexity index is 48.0. The normalized spacial score (nSPS) is 6.43. The van der Waals surface area contributed by atoms with Gasteiger partial charge in [0.1, 0.15) is 0 Å². The first-order chi connectivity index (χ1) is 2.41. The van der Waals surface area contributed by atoms with Gasteiger partial charge in [-0.05, 0) is 0 Å². The Morgan fingerprint density at radius 3 is 1.71 bits per heavy atom. The molecule has 0 aliphatic heterocycles. The largest absolute Gasteiger partial charge is 1.00 e. The standard InChI is InChI=1S/C5H7.2Li/c1-3-5-4-2;;/h1,3-5H,2H3;;/q-1;2*+1. The van der Waals surface area contributed by atoms with E-state index < -0.39 is 0 Å². The van der Waals surface area contributed by atoms with Crippen molar-refractivity contribution >= 4 is 0 Å². The summed E-state index contributed by atoms with van der Waals surface area (Å²) < 4.78 is 0. The molecule has 0 aliphatic rings. The van der Waals surface area contributed by atoms with Gasteiger partial charge in [0.25, 0.3) is 0 Å². The van der Waals surface area contributed by atoms with Gasteiger partial charge in [-0.3, -0.25) is 6.58 Å². The second-order valence-corrected chi connectivity index (χ2v) is 0.718. The van der Waals surface area contributed by atoms with Gasteiger partial charge in [-0.1, -0.05) is 6.92 Å². The van der Waals surface area contributed by atoms with Crippen molar-refractivity contribution in [3.63, 3.8) is 0 Å². The van der Waals surface area contributed by atoms with Crippen LogP contribution in [0.25, 0.3) is 0 Å². The first-order valence-electron chi connectivity index (χ1n) is 1.58. The molecule has 0 amide bonds. The molecular weight excluding hydrogens is 73.9 g/mol. The van der Waals surface area contributed by atoms with Gasteiger partial charge in [-0.2, -0.15) is 6.08 Å². The maximum atomic E-state index is 4.93. The fourth-order valence-electron chi connectivity index (χ4n) is 0.111. The van der Waals surface area contributed by atoms with Gasteiger partial charge >= 0.3 is 37.7 Å². The van der Waals surface area contributed by atoms with Crippen molar-refractivity contribution < 1.29 is 37.7 Å². The van der Waals surface area contributed by atoms with Crippen LogP contribution in [-0.2, 0) is 0 Å². The molecular formula is C5H7Li2+. The molecule has 0 saturated carbocycles. The van der Waals surface area contributed by atoms with E-state index in [-0.39, 0.29) is 37.7 Å². The molecule has 0 heterocycles. The average Bonchev–Trinajstić information content (AvgIpc) is 1.41. The summed E-state index contributed by atoms with van der Waals surface area (Å²) in [4.78, 5) is 0. The van der Waals surface area contributed by atoms with Crippen molar-refractivity contribution in [1.82, 2.24) is 0 Å². The van der Waals surface area contributed by atoms with E-state index in [1.807, 2.05) is 13.0 Å². The summed E-state index contributed by atoms with van der Waals surface area (Å²) >= 11 is 0. The van der Waals surface area contributed by atoms with E-state index in [9.17, 15) is 0 Å². The van der Waals surface area contributed by atoms with Crippen LogP contribution < -0.4 is 37.7 Å². The number of hydrogen-bond acceptors (Lipinski definition) is 0. The monoisotopic (exact) mass is 81.1 g/mol. The first kappa shape index (κ1) is 15.6. The Kier molecular flexibility index (Phi) is 35.6. The predicted octanol–water partition coefficient (Wildman–Crippen LogP) is -4.44. The predicted molar refractivity (Wildman–Crippen MR) is 23.7 cm³/mol. The van der Waals surface area contributed by atoms with Gasteiger partial charge in [0.15, 0.2) is 0 Å². The number of hydrogen-bond donors (Lipinski definition) is 0. The van der Waals surface area contributed by atoms with Crippen molar-refractivity contribution in [2.24, 2.45) is 0 Å². The number of allylic oxidation sites excluding steroid dienone is 3. The van der Waals surface area contributed by atoms with Crippen LogP contribution in [-0.4, -0.2) is 0 Å². The van der Waals surface area contributed by atoms with Crippen LogP contribution in [0.15, 0.2) is 18.2 Å². The topological polar surface area (TPSA) is 0 Å². The average molecular weight is 81.0 g/mol. The molecule has 0 rings (SSSR count). The van der Waals surface area contributed by atoms with Crippen LogP contribution >= 0.6 is 0 Å². The van der Waals surface area contributed by atoms with Gasteiger partial charge in [0.2, 0.25) is 0 Å². The zero-order chi connectivity index (χ0) is 4.12.